The van der Waals surface area contributed by atoms with Gasteiger partial charge in [-0.1, -0.05) is 30.3 Å². The molecule has 6 nitrogen and oxygen atoms in total. The van der Waals surface area contributed by atoms with E-state index in [0.29, 0.717) is 32.5 Å². The molecule has 0 aromatic heterocycles. The summed E-state index contributed by atoms with van der Waals surface area (Å²) in [6.45, 7) is 1.81. The SMILES string of the molecule is COCCCNC(=O)[C@@H]1CCCN(S(=O)(=O)c2ccc3ccccc3c2)C1. The standard InChI is InChI=1S/C20H26N2O4S/c1-26-13-5-11-21-20(23)18-8-4-12-22(15-18)27(24,25)19-10-9-16-6-2-3-7-17(16)14-19/h2-3,6-7,9-10,14,18H,4-5,8,11-13,15H2,1H3,(H,21,23)/t18-/m1/s1. The lowest BCUT2D eigenvalue weighted by molar-refractivity contribution is -0.126. The van der Waals surface area contributed by atoms with Gasteiger partial charge < -0.3 is 10.1 Å². The number of hydrogen-bond acceptors (Lipinski definition) is 4. The van der Waals surface area contributed by atoms with E-state index in [1.807, 2.05) is 30.3 Å². The van der Waals surface area contributed by atoms with Crippen molar-refractivity contribution in [3.8, 4) is 0 Å². The van der Waals surface area contributed by atoms with Gasteiger partial charge >= 0.3 is 0 Å². The summed E-state index contributed by atoms with van der Waals surface area (Å²) in [6.07, 6.45) is 2.14. The van der Waals surface area contributed by atoms with Crippen molar-refractivity contribution in [2.45, 2.75) is 24.2 Å². The number of benzene rings is 2. The second kappa shape index (κ2) is 8.82. The van der Waals surface area contributed by atoms with Crippen LogP contribution in [0.25, 0.3) is 10.8 Å². The highest BCUT2D eigenvalue weighted by Crippen LogP contribution is 2.26. The van der Waals surface area contributed by atoms with E-state index in [2.05, 4.69) is 5.32 Å². The third-order valence-corrected chi connectivity index (χ3v) is 6.80. The summed E-state index contributed by atoms with van der Waals surface area (Å²) >= 11 is 0. The molecule has 0 bridgehead atoms. The molecule has 1 atom stereocenters. The Labute approximate surface area is 160 Å². The predicted molar refractivity (Wildman–Crippen MR) is 105 cm³/mol. The fourth-order valence-corrected chi connectivity index (χ4v) is 4.98. The maximum atomic E-state index is 13.1. The summed E-state index contributed by atoms with van der Waals surface area (Å²) in [5.74, 6) is -0.388. The molecule has 1 aliphatic heterocycles. The van der Waals surface area contributed by atoms with E-state index >= 15 is 0 Å². The molecule has 1 aliphatic rings. The average Bonchev–Trinajstić information content (AvgIpc) is 2.70. The average molecular weight is 391 g/mol. The van der Waals surface area contributed by atoms with Crippen LogP contribution >= 0.6 is 0 Å². The molecule has 0 spiro atoms. The number of sulfonamides is 1. The molecule has 0 unspecified atom stereocenters. The summed E-state index contributed by atoms with van der Waals surface area (Å²) in [5, 5.41) is 4.78. The van der Waals surface area contributed by atoms with E-state index in [9.17, 15) is 13.2 Å². The molecule has 0 aliphatic carbocycles. The molecule has 0 radical (unpaired) electrons. The minimum Gasteiger partial charge on any atom is -0.385 e. The number of fused-ring (bicyclic) bond motifs is 1. The molecule has 1 amide bonds. The minimum atomic E-state index is -3.62. The van der Waals surface area contributed by atoms with Gasteiger partial charge in [0, 0.05) is 33.4 Å². The maximum absolute atomic E-state index is 13.1. The van der Waals surface area contributed by atoms with Crippen molar-refractivity contribution in [2.75, 3.05) is 33.4 Å². The van der Waals surface area contributed by atoms with Crippen LogP contribution in [0.5, 0.6) is 0 Å². The summed E-state index contributed by atoms with van der Waals surface area (Å²) in [6, 6.07) is 12.9. The topological polar surface area (TPSA) is 75.7 Å². The predicted octanol–water partition coefficient (Wildman–Crippen LogP) is 2.39. The van der Waals surface area contributed by atoms with Gasteiger partial charge in [-0.25, -0.2) is 8.42 Å². The summed E-state index contributed by atoms with van der Waals surface area (Å²) in [5.41, 5.74) is 0. The summed E-state index contributed by atoms with van der Waals surface area (Å²) < 4.78 is 32.6. The Bertz CT molecular complexity index is 898. The summed E-state index contributed by atoms with van der Waals surface area (Å²) in [7, 11) is -1.99. The molecule has 3 rings (SSSR count). The Balaban J connectivity index is 1.71. The first-order valence-corrected chi connectivity index (χ1v) is 10.7. The first-order valence-electron chi connectivity index (χ1n) is 9.28. The lowest BCUT2D eigenvalue weighted by Gasteiger charge is -2.31. The van der Waals surface area contributed by atoms with Crippen LogP contribution in [0.1, 0.15) is 19.3 Å². The second-order valence-corrected chi connectivity index (χ2v) is 8.79. The lowest BCUT2D eigenvalue weighted by Crippen LogP contribution is -2.45. The van der Waals surface area contributed by atoms with Gasteiger partial charge in [0.1, 0.15) is 0 Å². The van der Waals surface area contributed by atoms with Crippen LogP contribution in [0.4, 0.5) is 0 Å². The van der Waals surface area contributed by atoms with E-state index in [0.717, 1.165) is 17.2 Å². The van der Waals surface area contributed by atoms with Gasteiger partial charge in [0.15, 0.2) is 0 Å². The number of rotatable bonds is 7. The number of hydrogen-bond donors (Lipinski definition) is 1. The first-order chi connectivity index (χ1) is 13.0. The van der Waals surface area contributed by atoms with E-state index in [1.54, 1.807) is 19.2 Å². The fraction of sp³-hybridized carbons (Fsp3) is 0.450. The number of ether oxygens (including phenoxy) is 1. The Morgan fingerprint density at radius 1 is 1.22 bits per heavy atom. The number of nitrogens with one attached hydrogen (secondary N) is 1. The molecule has 27 heavy (non-hydrogen) atoms. The Morgan fingerprint density at radius 2 is 2.00 bits per heavy atom. The zero-order valence-electron chi connectivity index (χ0n) is 15.6. The molecule has 2 aromatic rings. The number of carbonyl (C=O) groups is 1. The summed E-state index contributed by atoms with van der Waals surface area (Å²) in [4.78, 5) is 12.7. The van der Waals surface area contributed by atoms with Crippen LogP contribution in [-0.4, -0.2) is 52.0 Å². The van der Waals surface area contributed by atoms with E-state index in [1.165, 1.54) is 4.31 Å². The number of carbonyl (C=O) groups excluding carboxylic acids is 1. The Morgan fingerprint density at radius 3 is 2.78 bits per heavy atom. The first kappa shape index (κ1) is 19.8. The molecule has 0 saturated carbocycles. The van der Waals surface area contributed by atoms with Crippen molar-refractivity contribution >= 4 is 26.7 Å². The Kier molecular flexibility index (Phi) is 6.46. The monoisotopic (exact) mass is 390 g/mol. The molecule has 1 fully saturated rings. The van der Waals surface area contributed by atoms with Crippen molar-refractivity contribution in [1.29, 1.82) is 0 Å². The van der Waals surface area contributed by atoms with Crippen molar-refractivity contribution in [1.82, 2.24) is 9.62 Å². The van der Waals surface area contributed by atoms with Crippen LogP contribution in [0.15, 0.2) is 47.4 Å². The number of nitrogens with zero attached hydrogens (tertiary/aromatic N) is 1. The van der Waals surface area contributed by atoms with E-state index < -0.39 is 10.0 Å². The highest BCUT2D eigenvalue weighted by Gasteiger charge is 2.33. The van der Waals surface area contributed by atoms with E-state index in [-0.39, 0.29) is 23.3 Å². The molecule has 1 N–H and O–H groups in total. The highest BCUT2D eigenvalue weighted by atomic mass is 32.2. The molecular weight excluding hydrogens is 364 g/mol. The maximum Gasteiger partial charge on any atom is 0.243 e. The van der Waals surface area contributed by atoms with Crippen molar-refractivity contribution in [3.63, 3.8) is 0 Å². The Hall–Kier alpha value is -1.96. The van der Waals surface area contributed by atoms with Crippen molar-refractivity contribution in [3.05, 3.63) is 42.5 Å². The molecule has 1 heterocycles. The van der Waals surface area contributed by atoms with Crippen molar-refractivity contribution < 1.29 is 17.9 Å². The van der Waals surface area contributed by atoms with Crippen LogP contribution in [0.3, 0.4) is 0 Å². The van der Waals surface area contributed by atoms with Crippen LogP contribution in [-0.2, 0) is 19.6 Å². The van der Waals surface area contributed by atoms with Gasteiger partial charge in [0.05, 0.1) is 10.8 Å². The molecule has 2 aromatic carbocycles. The second-order valence-electron chi connectivity index (χ2n) is 6.85. The molecule has 146 valence electrons. The third kappa shape index (κ3) is 4.66. The normalized spacial score (nSPS) is 18.5. The van der Waals surface area contributed by atoms with Gasteiger partial charge in [-0.3, -0.25) is 4.79 Å². The quantitative estimate of drug-likeness (QED) is 0.737. The third-order valence-electron chi connectivity index (χ3n) is 4.94. The smallest absolute Gasteiger partial charge is 0.243 e. The van der Waals surface area contributed by atoms with Crippen molar-refractivity contribution in [2.24, 2.45) is 5.92 Å². The van der Waals surface area contributed by atoms with Crippen LogP contribution in [0, 0.1) is 5.92 Å². The highest BCUT2D eigenvalue weighted by molar-refractivity contribution is 7.89. The van der Waals surface area contributed by atoms with Crippen LogP contribution < -0.4 is 5.32 Å². The lowest BCUT2D eigenvalue weighted by atomic mass is 9.99. The van der Waals surface area contributed by atoms with Crippen LogP contribution in [0.2, 0.25) is 0 Å². The molecule has 7 heteroatoms. The molecule has 1 saturated heterocycles. The van der Waals surface area contributed by atoms with Gasteiger partial charge in [-0.15, -0.1) is 0 Å². The minimum absolute atomic E-state index is 0.0792. The number of amides is 1. The molecular formula is C20H26N2O4S. The number of methoxy groups -OCH3 is 1. The van der Waals surface area contributed by atoms with E-state index in [4.69, 9.17) is 4.74 Å². The zero-order valence-corrected chi connectivity index (χ0v) is 16.4. The van der Waals surface area contributed by atoms with Gasteiger partial charge in [0.2, 0.25) is 15.9 Å². The van der Waals surface area contributed by atoms with Gasteiger partial charge in [-0.05, 0) is 42.2 Å². The number of piperidine rings is 1. The zero-order chi connectivity index (χ0) is 19.3. The van der Waals surface area contributed by atoms with Gasteiger partial charge in [0.25, 0.3) is 0 Å². The largest absolute Gasteiger partial charge is 0.385 e. The fourth-order valence-electron chi connectivity index (χ4n) is 3.42. The van der Waals surface area contributed by atoms with Gasteiger partial charge in [-0.2, -0.15) is 4.31 Å².